The third-order valence-corrected chi connectivity index (χ3v) is 4.79. The third kappa shape index (κ3) is 3.28. The molecule has 5 heteroatoms. The average molecular weight is 373 g/mol. The van der Waals surface area contributed by atoms with E-state index in [2.05, 4.69) is 21.2 Å². The van der Waals surface area contributed by atoms with Crippen molar-refractivity contribution in [1.29, 1.82) is 0 Å². The molecule has 0 aliphatic heterocycles. The molecule has 1 nitrogen and oxygen atoms in total. The highest BCUT2D eigenvalue weighted by atomic mass is 79.9. The van der Waals surface area contributed by atoms with E-state index in [0.29, 0.717) is 17.1 Å². The van der Waals surface area contributed by atoms with Crippen LogP contribution in [-0.4, -0.2) is 6.04 Å². The monoisotopic (exact) mass is 371 g/mol. The summed E-state index contributed by atoms with van der Waals surface area (Å²) in [6.07, 6.45) is 2.37. The van der Waals surface area contributed by atoms with Gasteiger partial charge in [0.2, 0.25) is 0 Å². The van der Waals surface area contributed by atoms with Crippen molar-refractivity contribution < 1.29 is 8.78 Å². The van der Waals surface area contributed by atoms with Gasteiger partial charge < -0.3 is 5.32 Å². The summed E-state index contributed by atoms with van der Waals surface area (Å²) >= 11 is 9.00. The van der Waals surface area contributed by atoms with Crippen LogP contribution in [0, 0.1) is 11.6 Å². The van der Waals surface area contributed by atoms with Gasteiger partial charge in [-0.25, -0.2) is 8.78 Å². The summed E-state index contributed by atoms with van der Waals surface area (Å²) in [6, 6.07) is 8.55. The minimum Gasteiger partial charge on any atom is -0.310 e. The minimum absolute atomic E-state index is 0.0358. The van der Waals surface area contributed by atoms with Crippen molar-refractivity contribution >= 4 is 27.5 Å². The Kier molecular flexibility index (Phi) is 4.29. The molecule has 21 heavy (non-hydrogen) atoms. The van der Waals surface area contributed by atoms with Gasteiger partial charge in [0.1, 0.15) is 5.82 Å². The van der Waals surface area contributed by atoms with E-state index >= 15 is 0 Å². The van der Waals surface area contributed by atoms with Crippen molar-refractivity contribution in [2.75, 3.05) is 0 Å². The van der Waals surface area contributed by atoms with Crippen LogP contribution < -0.4 is 5.32 Å². The van der Waals surface area contributed by atoms with Gasteiger partial charge in [0.15, 0.2) is 5.82 Å². The first-order chi connectivity index (χ1) is 10.1. The van der Waals surface area contributed by atoms with Gasteiger partial charge in [-0.1, -0.05) is 29.8 Å². The molecule has 0 heterocycles. The van der Waals surface area contributed by atoms with Gasteiger partial charge >= 0.3 is 0 Å². The maximum Gasteiger partial charge on any atom is 0.150 e. The molecule has 0 spiro atoms. The maximum atomic E-state index is 14.2. The fraction of sp³-hybridized carbons (Fsp3) is 0.250. The SMILES string of the molecule is Fc1cc(CNC2CC2)ccc1-c1ccc(Br)c(Cl)c1F. The zero-order valence-corrected chi connectivity index (χ0v) is 13.4. The fourth-order valence-corrected chi connectivity index (χ4v) is 2.64. The molecule has 0 atom stereocenters. The van der Waals surface area contributed by atoms with E-state index in [1.54, 1.807) is 12.1 Å². The summed E-state index contributed by atoms with van der Waals surface area (Å²) in [5, 5.41) is 3.28. The van der Waals surface area contributed by atoms with Crippen LogP contribution in [0.4, 0.5) is 8.78 Å². The number of nitrogens with one attached hydrogen (secondary N) is 1. The van der Waals surface area contributed by atoms with Crippen LogP contribution in [-0.2, 0) is 6.54 Å². The van der Waals surface area contributed by atoms with Crippen molar-refractivity contribution in [2.45, 2.75) is 25.4 Å². The highest BCUT2D eigenvalue weighted by Gasteiger charge is 2.20. The normalized spacial score (nSPS) is 14.5. The minimum atomic E-state index is -0.617. The summed E-state index contributed by atoms with van der Waals surface area (Å²) in [5.41, 5.74) is 1.24. The van der Waals surface area contributed by atoms with Crippen molar-refractivity contribution in [1.82, 2.24) is 5.32 Å². The highest BCUT2D eigenvalue weighted by Crippen LogP contribution is 2.34. The van der Waals surface area contributed by atoms with E-state index in [1.807, 2.05) is 6.07 Å². The van der Waals surface area contributed by atoms with Crippen LogP contribution in [0.5, 0.6) is 0 Å². The summed E-state index contributed by atoms with van der Waals surface area (Å²) in [5.74, 6) is -1.06. The fourth-order valence-electron chi connectivity index (χ4n) is 2.17. The molecule has 3 rings (SSSR count). The van der Waals surface area contributed by atoms with Crippen LogP contribution in [0.15, 0.2) is 34.8 Å². The average Bonchev–Trinajstić information content (AvgIpc) is 3.28. The Morgan fingerprint density at radius 3 is 2.52 bits per heavy atom. The summed E-state index contributed by atoms with van der Waals surface area (Å²) in [4.78, 5) is 0. The molecule has 1 aliphatic carbocycles. The molecule has 0 aromatic heterocycles. The highest BCUT2D eigenvalue weighted by molar-refractivity contribution is 9.10. The lowest BCUT2D eigenvalue weighted by molar-refractivity contribution is 0.612. The molecule has 0 unspecified atom stereocenters. The molecule has 110 valence electrons. The third-order valence-electron chi connectivity index (χ3n) is 3.53. The Bertz CT molecular complexity index is 686. The van der Waals surface area contributed by atoms with Gasteiger partial charge in [0, 0.05) is 28.2 Å². The molecule has 0 saturated heterocycles. The van der Waals surface area contributed by atoms with Crippen LogP contribution in [0.3, 0.4) is 0 Å². The zero-order valence-electron chi connectivity index (χ0n) is 11.1. The smallest absolute Gasteiger partial charge is 0.150 e. The number of benzene rings is 2. The lowest BCUT2D eigenvalue weighted by atomic mass is 10.0. The molecule has 2 aromatic carbocycles. The van der Waals surface area contributed by atoms with Gasteiger partial charge in [-0.3, -0.25) is 0 Å². The molecule has 0 amide bonds. The zero-order chi connectivity index (χ0) is 15.0. The molecular formula is C16H13BrClF2N. The van der Waals surface area contributed by atoms with Gasteiger partial charge in [-0.05, 0) is 46.5 Å². The quantitative estimate of drug-likeness (QED) is 0.718. The van der Waals surface area contributed by atoms with E-state index in [1.165, 1.54) is 25.0 Å². The van der Waals surface area contributed by atoms with E-state index in [4.69, 9.17) is 11.6 Å². The summed E-state index contributed by atoms with van der Waals surface area (Å²) in [6.45, 7) is 0.630. The van der Waals surface area contributed by atoms with E-state index in [9.17, 15) is 8.78 Å². The Hall–Kier alpha value is -0.970. The predicted octanol–water partition coefficient (Wildman–Crippen LogP) is 5.30. The van der Waals surface area contributed by atoms with Gasteiger partial charge in [-0.15, -0.1) is 0 Å². The topological polar surface area (TPSA) is 12.0 Å². The number of hydrogen-bond acceptors (Lipinski definition) is 1. The largest absolute Gasteiger partial charge is 0.310 e. The standard InChI is InChI=1S/C16H13BrClF2N/c17-13-6-5-12(16(20)15(13)18)11-4-1-9(7-14(11)19)8-21-10-2-3-10/h1,4-7,10,21H,2-3,8H2. The molecule has 1 fully saturated rings. The molecule has 0 radical (unpaired) electrons. The summed E-state index contributed by atoms with van der Waals surface area (Å²) in [7, 11) is 0. The van der Waals surface area contributed by atoms with Gasteiger partial charge in [0.05, 0.1) is 5.02 Å². The van der Waals surface area contributed by atoms with E-state index < -0.39 is 11.6 Å². The summed E-state index contributed by atoms with van der Waals surface area (Å²) < 4.78 is 28.8. The molecular weight excluding hydrogens is 360 g/mol. The van der Waals surface area contributed by atoms with Crippen molar-refractivity contribution in [2.24, 2.45) is 0 Å². The predicted molar refractivity (Wildman–Crippen MR) is 84.4 cm³/mol. The first-order valence-corrected chi connectivity index (χ1v) is 7.89. The number of rotatable bonds is 4. The van der Waals surface area contributed by atoms with Gasteiger partial charge in [-0.2, -0.15) is 0 Å². The second kappa shape index (κ2) is 6.03. The molecule has 2 aromatic rings. The van der Waals surface area contributed by atoms with Crippen LogP contribution >= 0.6 is 27.5 Å². The number of hydrogen-bond donors (Lipinski definition) is 1. The first kappa shape index (κ1) is 14.9. The van der Waals surface area contributed by atoms with Crippen LogP contribution in [0.25, 0.3) is 11.1 Å². The van der Waals surface area contributed by atoms with Crippen molar-refractivity contribution in [3.63, 3.8) is 0 Å². The molecule has 1 saturated carbocycles. The lowest BCUT2D eigenvalue weighted by Gasteiger charge is -2.10. The molecule has 1 aliphatic rings. The Morgan fingerprint density at radius 1 is 1.14 bits per heavy atom. The first-order valence-electron chi connectivity index (χ1n) is 6.72. The maximum absolute atomic E-state index is 14.2. The molecule has 1 N–H and O–H groups in total. The second-order valence-electron chi connectivity index (χ2n) is 5.19. The van der Waals surface area contributed by atoms with Gasteiger partial charge in [0.25, 0.3) is 0 Å². The van der Waals surface area contributed by atoms with E-state index in [0.717, 1.165) is 5.56 Å². The van der Waals surface area contributed by atoms with Crippen molar-refractivity contribution in [3.05, 3.63) is 57.0 Å². The molecule has 0 bridgehead atoms. The lowest BCUT2D eigenvalue weighted by Crippen LogP contribution is -2.15. The van der Waals surface area contributed by atoms with Crippen LogP contribution in [0.2, 0.25) is 5.02 Å². The Balaban J connectivity index is 1.89. The van der Waals surface area contributed by atoms with E-state index in [-0.39, 0.29) is 16.1 Å². The second-order valence-corrected chi connectivity index (χ2v) is 6.42. The Labute approximate surface area is 135 Å². The number of halogens is 4. The Morgan fingerprint density at radius 2 is 1.86 bits per heavy atom. The van der Waals surface area contributed by atoms with Crippen LogP contribution in [0.1, 0.15) is 18.4 Å². The van der Waals surface area contributed by atoms with Crippen molar-refractivity contribution in [3.8, 4) is 11.1 Å².